The lowest BCUT2D eigenvalue weighted by atomic mass is 10.0. The number of benzene rings is 1. The van der Waals surface area contributed by atoms with Crippen LogP contribution in [0.15, 0.2) is 42.7 Å². The Morgan fingerprint density at radius 3 is 2.86 bits per heavy atom. The Labute approximate surface area is 124 Å². The van der Waals surface area contributed by atoms with Gasteiger partial charge in [-0.2, -0.15) is 5.10 Å². The molecular formula is C17H20FN3. The maximum atomic E-state index is 12.8. The zero-order valence-corrected chi connectivity index (χ0v) is 12.2. The lowest BCUT2D eigenvalue weighted by molar-refractivity contribution is 0.372. The summed E-state index contributed by atoms with van der Waals surface area (Å²) >= 11 is 0. The van der Waals surface area contributed by atoms with Gasteiger partial charge in [0.1, 0.15) is 5.82 Å². The first-order valence-electron chi connectivity index (χ1n) is 7.34. The Hall–Kier alpha value is -1.94. The fourth-order valence-electron chi connectivity index (χ4n) is 2.83. The lowest BCUT2D eigenvalue weighted by Gasteiger charge is -2.12. The van der Waals surface area contributed by atoms with Gasteiger partial charge in [-0.05, 0) is 36.2 Å². The number of hydrogen-bond acceptors (Lipinski definition) is 2. The van der Waals surface area contributed by atoms with Gasteiger partial charge >= 0.3 is 0 Å². The maximum Gasteiger partial charge on any atom is 0.123 e. The van der Waals surface area contributed by atoms with Gasteiger partial charge in [-0.25, -0.2) is 4.39 Å². The van der Waals surface area contributed by atoms with E-state index in [1.165, 1.54) is 24.1 Å². The molecule has 1 unspecified atom stereocenters. The van der Waals surface area contributed by atoms with Crippen LogP contribution >= 0.6 is 0 Å². The Morgan fingerprint density at radius 1 is 1.33 bits per heavy atom. The monoisotopic (exact) mass is 285 g/mol. The van der Waals surface area contributed by atoms with Crippen LogP contribution in [0.2, 0.25) is 0 Å². The van der Waals surface area contributed by atoms with E-state index in [2.05, 4.69) is 28.3 Å². The van der Waals surface area contributed by atoms with E-state index < -0.39 is 0 Å². The van der Waals surface area contributed by atoms with Gasteiger partial charge in [-0.1, -0.05) is 24.3 Å². The van der Waals surface area contributed by atoms with Crippen LogP contribution in [0.4, 0.5) is 4.39 Å². The minimum absolute atomic E-state index is 0.189. The van der Waals surface area contributed by atoms with Crippen molar-refractivity contribution in [1.82, 2.24) is 14.7 Å². The second kappa shape index (κ2) is 6.22. The van der Waals surface area contributed by atoms with Crippen LogP contribution in [0.1, 0.15) is 23.5 Å². The van der Waals surface area contributed by atoms with Gasteiger partial charge in [-0.15, -0.1) is 0 Å². The first-order valence-corrected chi connectivity index (χ1v) is 7.34. The highest BCUT2D eigenvalue weighted by Gasteiger charge is 2.23. The van der Waals surface area contributed by atoms with E-state index in [1.807, 2.05) is 17.9 Å². The number of aromatic nitrogens is 2. The molecule has 1 aliphatic rings. The minimum atomic E-state index is -0.189. The summed E-state index contributed by atoms with van der Waals surface area (Å²) in [7, 11) is 1.96. The molecule has 0 saturated carbocycles. The Bertz CT molecular complexity index is 615. The van der Waals surface area contributed by atoms with Gasteiger partial charge < -0.3 is 0 Å². The highest BCUT2D eigenvalue weighted by molar-refractivity contribution is 5.48. The van der Waals surface area contributed by atoms with Crippen molar-refractivity contribution in [2.24, 2.45) is 7.05 Å². The quantitative estimate of drug-likeness (QED) is 0.861. The molecule has 1 aliphatic heterocycles. The van der Waals surface area contributed by atoms with Crippen molar-refractivity contribution in [3.8, 4) is 0 Å². The second-order valence-corrected chi connectivity index (χ2v) is 5.65. The van der Waals surface area contributed by atoms with Gasteiger partial charge in [0.15, 0.2) is 0 Å². The average Bonchev–Trinajstić information content (AvgIpc) is 3.10. The first kappa shape index (κ1) is 14.0. The van der Waals surface area contributed by atoms with Gasteiger partial charge in [0.05, 0.1) is 6.20 Å². The fourth-order valence-corrected chi connectivity index (χ4v) is 2.83. The normalized spacial score (nSPS) is 19.6. The summed E-state index contributed by atoms with van der Waals surface area (Å²) in [6.07, 6.45) is 9.48. The molecule has 1 saturated heterocycles. The van der Waals surface area contributed by atoms with Crippen LogP contribution in [-0.2, 0) is 7.05 Å². The van der Waals surface area contributed by atoms with E-state index in [0.29, 0.717) is 5.92 Å². The van der Waals surface area contributed by atoms with Crippen molar-refractivity contribution >= 4 is 6.08 Å². The van der Waals surface area contributed by atoms with E-state index in [-0.39, 0.29) is 5.82 Å². The molecule has 2 aromatic rings. The number of aryl methyl sites for hydroxylation is 1. The highest BCUT2D eigenvalue weighted by Crippen LogP contribution is 2.26. The zero-order chi connectivity index (χ0) is 14.7. The molecule has 0 spiro atoms. The lowest BCUT2D eigenvalue weighted by Crippen LogP contribution is -2.20. The summed E-state index contributed by atoms with van der Waals surface area (Å²) in [6, 6.07) is 6.59. The van der Waals surface area contributed by atoms with Crippen molar-refractivity contribution in [2.75, 3.05) is 19.6 Å². The fraction of sp³-hybridized carbons (Fsp3) is 0.353. The number of rotatable bonds is 4. The van der Waals surface area contributed by atoms with Crippen molar-refractivity contribution in [2.45, 2.75) is 12.3 Å². The molecule has 0 amide bonds. The Morgan fingerprint density at radius 2 is 2.14 bits per heavy atom. The van der Waals surface area contributed by atoms with E-state index in [9.17, 15) is 4.39 Å². The van der Waals surface area contributed by atoms with E-state index in [0.717, 1.165) is 25.2 Å². The Kier molecular flexibility index (Phi) is 4.15. The van der Waals surface area contributed by atoms with Crippen LogP contribution in [0.25, 0.3) is 6.08 Å². The molecular weight excluding hydrogens is 265 g/mol. The molecule has 1 aromatic carbocycles. The molecule has 0 N–H and O–H groups in total. The average molecular weight is 285 g/mol. The molecule has 1 fully saturated rings. The van der Waals surface area contributed by atoms with Crippen LogP contribution in [0.5, 0.6) is 0 Å². The topological polar surface area (TPSA) is 21.1 Å². The predicted octanol–water partition coefficient (Wildman–Crippen LogP) is 3.06. The number of halogens is 1. The number of hydrogen-bond donors (Lipinski definition) is 0. The van der Waals surface area contributed by atoms with Crippen LogP contribution in [0, 0.1) is 5.82 Å². The zero-order valence-electron chi connectivity index (χ0n) is 12.2. The molecule has 4 heteroatoms. The van der Waals surface area contributed by atoms with Crippen molar-refractivity contribution in [3.63, 3.8) is 0 Å². The van der Waals surface area contributed by atoms with Crippen LogP contribution in [0.3, 0.4) is 0 Å². The van der Waals surface area contributed by atoms with Gasteiger partial charge in [0.25, 0.3) is 0 Å². The highest BCUT2D eigenvalue weighted by atomic mass is 19.1. The van der Waals surface area contributed by atoms with Crippen molar-refractivity contribution in [1.29, 1.82) is 0 Å². The largest absolute Gasteiger partial charge is 0.299 e. The molecule has 21 heavy (non-hydrogen) atoms. The van der Waals surface area contributed by atoms with Crippen molar-refractivity contribution < 1.29 is 4.39 Å². The summed E-state index contributed by atoms with van der Waals surface area (Å²) in [5.74, 6) is 0.406. The third-order valence-corrected chi connectivity index (χ3v) is 4.01. The van der Waals surface area contributed by atoms with E-state index in [1.54, 1.807) is 12.1 Å². The van der Waals surface area contributed by atoms with Gasteiger partial charge in [0.2, 0.25) is 0 Å². The molecule has 3 rings (SSSR count). The molecule has 0 bridgehead atoms. The number of nitrogens with zero attached hydrogens (tertiary/aromatic N) is 3. The minimum Gasteiger partial charge on any atom is -0.299 e. The smallest absolute Gasteiger partial charge is 0.123 e. The summed E-state index contributed by atoms with van der Waals surface area (Å²) in [6.45, 7) is 3.14. The summed E-state index contributed by atoms with van der Waals surface area (Å²) in [5.41, 5.74) is 2.38. The summed E-state index contributed by atoms with van der Waals surface area (Å²) in [5, 5.41) is 4.25. The van der Waals surface area contributed by atoms with E-state index >= 15 is 0 Å². The van der Waals surface area contributed by atoms with Gasteiger partial charge in [0, 0.05) is 32.3 Å². The summed E-state index contributed by atoms with van der Waals surface area (Å²) in [4.78, 5) is 2.44. The van der Waals surface area contributed by atoms with Gasteiger partial charge in [-0.3, -0.25) is 9.58 Å². The maximum absolute atomic E-state index is 12.8. The first-order chi connectivity index (χ1) is 10.2. The standard InChI is InChI=1S/C17H20FN3/c1-20-12-16(11-19-20)15-8-10-21(13-15)9-2-3-14-4-6-17(18)7-5-14/h2-7,11-12,15H,8-10,13H2,1H3/b3-2+. The Balaban J connectivity index is 1.52. The molecule has 2 heterocycles. The van der Waals surface area contributed by atoms with E-state index in [4.69, 9.17) is 0 Å². The molecule has 0 aliphatic carbocycles. The molecule has 3 nitrogen and oxygen atoms in total. The molecule has 110 valence electrons. The summed E-state index contributed by atoms with van der Waals surface area (Å²) < 4.78 is 14.7. The third kappa shape index (κ3) is 3.58. The predicted molar refractivity (Wildman–Crippen MR) is 82.4 cm³/mol. The SMILES string of the molecule is Cn1cc(C2CCN(C/C=C/c3ccc(F)cc3)C2)cn1. The molecule has 1 atom stereocenters. The number of likely N-dealkylation sites (tertiary alicyclic amines) is 1. The van der Waals surface area contributed by atoms with Crippen molar-refractivity contribution in [3.05, 3.63) is 59.7 Å². The molecule has 0 radical (unpaired) electrons. The van der Waals surface area contributed by atoms with Crippen LogP contribution < -0.4 is 0 Å². The third-order valence-electron chi connectivity index (χ3n) is 4.01. The van der Waals surface area contributed by atoms with Crippen LogP contribution in [-0.4, -0.2) is 34.3 Å². The molecule has 1 aromatic heterocycles. The second-order valence-electron chi connectivity index (χ2n) is 5.65.